The zero-order valence-corrected chi connectivity index (χ0v) is 83.4. The lowest BCUT2D eigenvalue weighted by atomic mass is 10.0. The van der Waals surface area contributed by atoms with E-state index >= 15 is 8.78 Å². The molecule has 0 amide bonds. The number of rotatable bonds is 29. The van der Waals surface area contributed by atoms with Crippen molar-refractivity contribution >= 4 is 206 Å². The van der Waals surface area contributed by atoms with Crippen LogP contribution in [0.1, 0.15) is 138 Å². The molecule has 50 heteroatoms. The van der Waals surface area contributed by atoms with Crippen LogP contribution in [0.4, 0.5) is 64.2 Å². The van der Waals surface area contributed by atoms with Gasteiger partial charge in [-0.15, -0.1) is 10.2 Å². The molecule has 5 fully saturated rings. The van der Waals surface area contributed by atoms with E-state index in [4.69, 9.17) is 4.52 Å². The second-order valence-corrected chi connectivity index (χ2v) is 47.8. The van der Waals surface area contributed by atoms with Gasteiger partial charge in [0, 0.05) is 119 Å². The van der Waals surface area contributed by atoms with E-state index in [1.165, 1.54) is 76.0 Å². The number of aliphatic hydroxyl groups is 2. The average molecular weight is 2380 g/mol. The molecule has 5 aliphatic rings. The maximum atomic E-state index is 15.2. The third-order valence-electron chi connectivity index (χ3n) is 22.8. The van der Waals surface area contributed by atoms with Crippen LogP contribution in [0.3, 0.4) is 0 Å². The Morgan fingerprint density at radius 2 is 0.770 bits per heavy atom. The Morgan fingerprint density at radius 3 is 1.15 bits per heavy atom. The van der Waals surface area contributed by atoms with E-state index in [2.05, 4.69) is 122 Å². The van der Waals surface area contributed by atoms with Crippen molar-refractivity contribution in [2.45, 2.75) is 141 Å². The van der Waals surface area contributed by atoms with Gasteiger partial charge in [0.1, 0.15) is 57.8 Å². The van der Waals surface area contributed by atoms with Gasteiger partial charge >= 0.3 is 0 Å². The van der Waals surface area contributed by atoms with E-state index in [1.807, 2.05) is 45.2 Å². The molecular weight excluding hydrogens is 2300 g/mol. The highest BCUT2D eigenvalue weighted by Gasteiger charge is 2.56. The summed E-state index contributed by atoms with van der Waals surface area (Å²) in [4.78, 5) is 20.9. The van der Waals surface area contributed by atoms with Crippen LogP contribution in [0, 0.1) is 60.9 Å². The van der Waals surface area contributed by atoms with Crippen LogP contribution in [0.5, 0.6) is 0 Å². The monoisotopic (exact) mass is 2370 g/mol. The molecular formula is C85H76Br3F8I2N19O13S5. The topological polar surface area (TPSA) is 431 Å². The summed E-state index contributed by atoms with van der Waals surface area (Å²) in [7, 11) is -18.5. The lowest BCUT2D eigenvalue weighted by Crippen LogP contribution is -2.31. The fourth-order valence-electron chi connectivity index (χ4n) is 14.5. The number of hydrogen-bond acceptors (Lipinski definition) is 23. The molecule has 5 aliphatic carbocycles. The zero-order valence-electron chi connectivity index (χ0n) is 70.2. The molecule has 135 heavy (non-hydrogen) atoms. The second-order valence-electron chi connectivity index (χ2n) is 32.5. The SMILES string of the molecule is Cc1noc2c(F)c(Cc3ccc(Br)cc3F)c(NS(=O)(=O)C3CC3)nc12.O=S(=O)(Nc1nc2ccnn2c(F)c1Cc1ccc(I)cc1F)C1(CCO)CC1.O=S(=O)(Nc1nc2ccnn2c(F)c1Cc1ccc(I)cc1F)C1CC1.O=S(=O)(Nc1nn2ccnc2cc1Cc1ccc(Br)cc1F)C1(CCO)CC1.O=S(=O)(Nc1nn2ccnc2cc1Cc1ccc(Br)cc1F)C1CC1. The van der Waals surface area contributed by atoms with Gasteiger partial charge in [-0.25, -0.2) is 102 Å². The van der Waals surface area contributed by atoms with Crippen LogP contribution < -0.4 is 23.6 Å². The highest BCUT2D eigenvalue weighted by Crippen LogP contribution is 2.49. The molecule has 0 aliphatic heterocycles. The van der Waals surface area contributed by atoms with Gasteiger partial charge in [-0.05, 0) is 230 Å². The summed E-state index contributed by atoms with van der Waals surface area (Å²) in [6.45, 7) is 1.10. The Kier molecular flexibility index (Phi) is 28.8. The number of nitrogens with one attached hydrogen (secondary N) is 5. The summed E-state index contributed by atoms with van der Waals surface area (Å²) < 4.78 is 265. The van der Waals surface area contributed by atoms with Gasteiger partial charge in [0.15, 0.2) is 40.0 Å². The van der Waals surface area contributed by atoms with Crippen molar-refractivity contribution in [3.05, 3.63) is 281 Å². The summed E-state index contributed by atoms with van der Waals surface area (Å²) in [6.07, 6.45) is 14.4. The molecule has 0 bridgehead atoms. The first-order valence-electron chi connectivity index (χ1n) is 41.3. The molecule has 7 N–H and O–H groups in total. The van der Waals surface area contributed by atoms with Crippen molar-refractivity contribution in [2.75, 3.05) is 36.8 Å². The van der Waals surface area contributed by atoms with Gasteiger partial charge in [0.05, 0.1) is 48.8 Å². The van der Waals surface area contributed by atoms with Crippen molar-refractivity contribution in [2.24, 2.45) is 0 Å². The van der Waals surface area contributed by atoms with Gasteiger partial charge in [-0.3, -0.25) is 23.6 Å². The van der Waals surface area contributed by atoms with Crippen LogP contribution in [-0.4, -0.2) is 159 Å². The molecule has 0 spiro atoms. The highest BCUT2D eigenvalue weighted by molar-refractivity contribution is 14.1. The number of aryl methyl sites for hydroxylation is 1. The second kappa shape index (κ2) is 39.6. The van der Waals surface area contributed by atoms with Crippen molar-refractivity contribution in [3.63, 3.8) is 0 Å². The number of benzene rings is 5. The minimum Gasteiger partial charge on any atom is -0.396 e. The Labute approximate surface area is 818 Å². The molecule has 10 aromatic heterocycles. The van der Waals surface area contributed by atoms with Crippen LogP contribution >= 0.6 is 93.0 Å². The predicted octanol–water partition coefficient (Wildman–Crippen LogP) is 16.0. The first kappa shape index (κ1) is 98.3. The maximum Gasteiger partial charge on any atom is 0.239 e. The van der Waals surface area contributed by atoms with Gasteiger partial charge in [-0.1, -0.05) is 83.3 Å². The number of fused-ring (bicyclic) bond motifs is 5. The minimum absolute atomic E-state index is 0.0504. The van der Waals surface area contributed by atoms with Crippen LogP contribution in [-0.2, 0) is 82.2 Å². The summed E-state index contributed by atoms with van der Waals surface area (Å²) in [6, 6.07) is 29.3. The number of pyridine rings is 1. The molecule has 32 nitrogen and oxygen atoms in total. The van der Waals surface area contributed by atoms with Gasteiger partial charge in [0.25, 0.3) is 0 Å². The zero-order chi connectivity index (χ0) is 96.2. The maximum absolute atomic E-state index is 15.2. The molecule has 15 aromatic rings. The summed E-state index contributed by atoms with van der Waals surface area (Å²) in [5.41, 5.74) is 4.01. The molecule has 0 unspecified atom stereocenters. The molecule has 710 valence electrons. The predicted molar refractivity (Wildman–Crippen MR) is 512 cm³/mol. The van der Waals surface area contributed by atoms with Gasteiger partial charge < -0.3 is 14.7 Å². The quantitative estimate of drug-likeness (QED) is 0.0130. The minimum atomic E-state index is -3.93. The number of aliphatic hydroxyl groups excluding tert-OH is 2. The Balaban J connectivity index is 0.000000123. The number of sulfonamides is 5. The normalized spacial score (nSPS) is 15.1. The molecule has 5 aromatic carbocycles. The number of imidazole rings is 2. The standard InChI is InChI=1S/C18H18BrFN4O3S.C18H17F2IN4O3S.C17H14BrF2N3O3S.C16H14BrFN4O2S.C16H13F2IN4O2S/c19-14-2-1-12(15(20)11-14)9-13-10-16-21-6-7-24(16)22-17(13)23-28(26,27)18(3-4-18)5-8-25;19-14-10-12(21)2-1-11(14)9-13-16(20)25-15(3-7-22-25)23-17(13)24-29(27,28)18(4-5-18)6-8-26;1-8-15-16(26-22-8)14(20)12(6-9-2-3-10(18)7-13(9)19)17(21-15)23-27(24,25)11-4-5-11;17-12-2-1-10(14(18)9-12)7-11-8-15-19-5-6-22(15)20-16(11)21-25(23,24)13-3-4-13;17-13-8-10(19)2-1-9(13)7-12-15(18)23-14(5-6-20-23)21-16(12)22-26(24,25)11-3-4-11/h1-2,6-7,10-11,25H,3-5,8-9H2,(H,22,23);1-3,7,10,26H,4-6,8-9H2,(H,23,24);2-3,7,11H,4-6H2,1H3,(H,21,23);1-2,5-6,8-9,13H,3-4,7H2,(H,20,21);1-2,5-6,8,11H,3-4,7H2,(H,21,22). The largest absolute Gasteiger partial charge is 0.396 e. The number of nitrogens with zero attached hydrogens (tertiary/aromatic N) is 14. The fraction of sp³-hybridized carbons (Fsp3) is 0.294. The molecule has 0 atom stereocenters. The van der Waals surface area contributed by atoms with E-state index in [0.29, 0.717) is 124 Å². The van der Waals surface area contributed by atoms with Crippen molar-refractivity contribution in [1.29, 1.82) is 0 Å². The molecule has 10 heterocycles. The first-order chi connectivity index (χ1) is 64.1. The van der Waals surface area contributed by atoms with E-state index in [1.54, 1.807) is 92.4 Å². The number of anilines is 5. The van der Waals surface area contributed by atoms with Crippen LogP contribution in [0.25, 0.3) is 33.7 Å². The molecule has 0 radical (unpaired) electrons. The van der Waals surface area contributed by atoms with Gasteiger partial charge in [-0.2, -0.15) is 28.0 Å². The number of aromatic nitrogens is 14. The van der Waals surface area contributed by atoms with Crippen LogP contribution in [0.2, 0.25) is 0 Å². The van der Waals surface area contributed by atoms with Crippen molar-refractivity contribution in [3.8, 4) is 0 Å². The molecule has 0 saturated heterocycles. The Morgan fingerprint density at radius 1 is 0.422 bits per heavy atom. The summed E-state index contributed by atoms with van der Waals surface area (Å²) in [5, 5.41) is 37.1. The fourth-order valence-corrected chi connectivity index (χ4v) is 23.7. The van der Waals surface area contributed by atoms with E-state index in [-0.39, 0.29) is 154 Å². The average Bonchev–Trinajstić information content (AvgIpc) is 1.59. The van der Waals surface area contributed by atoms with Crippen molar-refractivity contribution < 1.29 is 91.9 Å². The Bertz CT molecular complexity index is 7770. The van der Waals surface area contributed by atoms with E-state index in [0.717, 1.165) is 9.03 Å². The number of hydrogen-bond donors (Lipinski definition) is 7. The lowest BCUT2D eigenvalue weighted by molar-refractivity contribution is 0.282. The highest BCUT2D eigenvalue weighted by atomic mass is 127. The third kappa shape index (κ3) is 22.3. The smallest absolute Gasteiger partial charge is 0.239 e. The molecule has 5 saturated carbocycles. The molecule has 20 rings (SSSR count). The van der Waals surface area contributed by atoms with Crippen molar-refractivity contribution in [1.82, 2.24) is 68.5 Å². The van der Waals surface area contributed by atoms with E-state index in [9.17, 15) is 78.6 Å². The van der Waals surface area contributed by atoms with Gasteiger partial charge in [0.2, 0.25) is 67.6 Å². The number of halogens is 13. The summed E-state index contributed by atoms with van der Waals surface area (Å²) >= 11 is 13.6. The summed E-state index contributed by atoms with van der Waals surface area (Å²) in [5.74, 6) is -4.87. The first-order valence-corrected chi connectivity index (χ1v) is 53.4. The van der Waals surface area contributed by atoms with E-state index < -0.39 is 111 Å². The van der Waals surface area contributed by atoms with Crippen LogP contribution in [0.15, 0.2) is 170 Å². The lowest BCUT2D eigenvalue weighted by Gasteiger charge is -2.19. The Hall–Kier alpha value is -9.79. The third-order valence-corrected chi connectivity index (χ3v) is 35.5.